The average molecular weight is 261 g/mol. The van der Waals surface area contributed by atoms with Gasteiger partial charge < -0.3 is 9.30 Å². The number of fused-ring (bicyclic) bond motifs is 1. The second-order valence-corrected chi connectivity index (χ2v) is 4.65. The Morgan fingerprint density at radius 1 is 1.37 bits per heavy atom. The predicted molar refractivity (Wildman–Crippen MR) is 73.7 cm³/mol. The number of hydrogen-bond acceptors (Lipinski definition) is 4. The summed E-state index contributed by atoms with van der Waals surface area (Å²) in [4.78, 5) is 16.0. The highest BCUT2D eigenvalue weighted by molar-refractivity contribution is 5.76. The van der Waals surface area contributed by atoms with Crippen LogP contribution >= 0.6 is 0 Å². The highest BCUT2D eigenvalue weighted by Crippen LogP contribution is 2.19. The van der Waals surface area contributed by atoms with Crippen LogP contribution in [0.5, 0.6) is 0 Å². The summed E-state index contributed by atoms with van der Waals surface area (Å²) < 4.78 is 6.75. The molecule has 0 aliphatic heterocycles. The summed E-state index contributed by atoms with van der Waals surface area (Å²) in [6.45, 7) is 3.77. The molecule has 1 aromatic carbocycles. The van der Waals surface area contributed by atoms with Crippen molar-refractivity contribution in [1.82, 2.24) is 14.9 Å². The first-order chi connectivity index (χ1) is 9.04. The molecule has 0 aliphatic carbocycles. The van der Waals surface area contributed by atoms with Crippen LogP contribution in [-0.2, 0) is 16.6 Å². The van der Waals surface area contributed by atoms with Gasteiger partial charge in [0, 0.05) is 7.05 Å². The minimum atomic E-state index is -0.361. The zero-order valence-electron chi connectivity index (χ0n) is 11.7. The summed E-state index contributed by atoms with van der Waals surface area (Å²) in [7, 11) is 3.37. The van der Waals surface area contributed by atoms with E-state index in [9.17, 15) is 4.79 Å². The van der Waals surface area contributed by atoms with Gasteiger partial charge in [0.1, 0.15) is 11.9 Å². The molecule has 2 rings (SSSR count). The number of para-hydroxylation sites is 2. The molecule has 1 heterocycles. The Morgan fingerprint density at radius 2 is 2.05 bits per heavy atom. The van der Waals surface area contributed by atoms with Gasteiger partial charge in [0.15, 0.2) is 0 Å². The molecule has 5 heteroatoms. The third-order valence-electron chi connectivity index (χ3n) is 3.26. The van der Waals surface area contributed by atoms with Crippen LogP contribution in [0.25, 0.3) is 11.0 Å². The van der Waals surface area contributed by atoms with E-state index in [4.69, 9.17) is 4.74 Å². The third kappa shape index (κ3) is 2.61. The Balaban J connectivity index is 2.24. The minimum Gasteiger partial charge on any atom is -0.468 e. The Morgan fingerprint density at radius 3 is 2.68 bits per heavy atom. The second kappa shape index (κ2) is 5.40. The molecule has 1 unspecified atom stereocenters. The summed E-state index contributed by atoms with van der Waals surface area (Å²) in [5.74, 6) is 0.627. The molecule has 19 heavy (non-hydrogen) atoms. The number of methoxy groups -OCH3 is 1. The molecule has 0 amide bonds. The number of nitrogens with zero attached hydrogens (tertiary/aromatic N) is 2. The number of ether oxygens (including phenoxy) is 1. The zero-order chi connectivity index (χ0) is 14.0. The largest absolute Gasteiger partial charge is 0.468 e. The van der Waals surface area contributed by atoms with E-state index in [1.807, 2.05) is 42.8 Å². The first-order valence-corrected chi connectivity index (χ1v) is 6.29. The van der Waals surface area contributed by atoms with E-state index >= 15 is 0 Å². The Labute approximate surface area is 112 Å². The lowest BCUT2D eigenvalue weighted by atomic mass is 10.2. The maximum absolute atomic E-state index is 11.4. The molecule has 0 aliphatic rings. The smallest absolute Gasteiger partial charge is 0.322 e. The van der Waals surface area contributed by atoms with E-state index in [1.54, 1.807) is 6.92 Å². The van der Waals surface area contributed by atoms with Crippen molar-refractivity contribution in [2.75, 3.05) is 7.11 Å². The molecule has 0 saturated carbocycles. The van der Waals surface area contributed by atoms with Gasteiger partial charge in [0.2, 0.25) is 0 Å². The standard InChI is InChI=1S/C14H19N3O2/c1-9(15-10(2)14(18)19-4)13-16-11-7-5-6-8-12(11)17(13)3/h5-10,15H,1-4H3/t9?,10-/m0/s1. The predicted octanol–water partition coefficient (Wildman–Crippen LogP) is 1.79. The number of aryl methyl sites for hydroxylation is 1. The Bertz CT molecular complexity index is 591. The lowest BCUT2D eigenvalue weighted by Gasteiger charge is -2.18. The SMILES string of the molecule is COC(=O)[C@H](C)NC(C)c1nc2ccccc2n1C. The van der Waals surface area contributed by atoms with E-state index in [0.717, 1.165) is 16.9 Å². The van der Waals surface area contributed by atoms with E-state index in [2.05, 4.69) is 10.3 Å². The van der Waals surface area contributed by atoms with Crippen molar-refractivity contribution >= 4 is 17.0 Å². The quantitative estimate of drug-likeness (QED) is 0.852. The molecule has 5 nitrogen and oxygen atoms in total. The Hall–Kier alpha value is -1.88. The molecule has 2 atom stereocenters. The van der Waals surface area contributed by atoms with Crippen LogP contribution in [0.2, 0.25) is 0 Å². The summed E-state index contributed by atoms with van der Waals surface area (Å²) in [6.07, 6.45) is 0. The third-order valence-corrected chi connectivity index (χ3v) is 3.26. The van der Waals surface area contributed by atoms with Gasteiger partial charge in [-0.3, -0.25) is 10.1 Å². The van der Waals surface area contributed by atoms with Crippen LogP contribution in [0.15, 0.2) is 24.3 Å². The van der Waals surface area contributed by atoms with Gasteiger partial charge in [-0.25, -0.2) is 4.98 Å². The van der Waals surface area contributed by atoms with Crippen molar-refractivity contribution in [3.63, 3.8) is 0 Å². The second-order valence-electron chi connectivity index (χ2n) is 4.65. The van der Waals surface area contributed by atoms with Crippen LogP contribution < -0.4 is 5.32 Å². The molecule has 0 radical (unpaired) electrons. The van der Waals surface area contributed by atoms with Crippen molar-refractivity contribution in [1.29, 1.82) is 0 Å². The molecular weight excluding hydrogens is 242 g/mol. The van der Waals surface area contributed by atoms with Crippen LogP contribution in [-0.4, -0.2) is 28.7 Å². The molecule has 102 valence electrons. The summed E-state index contributed by atoms with van der Waals surface area (Å²) in [6, 6.07) is 7.57. The summed E-state index contributed by atoms with van der Waals surface area (Å²) in [5, 5.41) is 3.19. The van der Waals surface area contributed by atoms with E-state index in [1.165, 1.54) is 7.11 Å². The molecule has 1 N–H and O–H groups in total. The van der Waals surface area contributed by atoms with Gasteiger partial charge >= 0.3 is 5.97 Å². The molecule has 0 bridgehead atoms. The van der Waals surface area contributed by atoms with Crippen molar-refractivity contribution < 1.29 is 9.53 Å². The number of carbonyl (C=O) groups is 1. The highest BCUT2D eigenvalue weighted by atomic mass is 16.5. The van der Waals surface area contributed by atoms with Gasteiger partial charge in [-0.05, 0) is 26.0 Å². The molecule has 0 spiro atoms. The number of hydrogen-bond donors (Lipinski definition) is 1. The molecule has 1 aromatic heterocycles. The van der Waals surface area contributed by atoms with E-state index in [-0.39, 0.29) is 18.1 Å². The fourth-order valence-electron chi connectivity index (χ4n) is 2.25. The zero-order valence-corrected chi connectivity index (χ0v) is 11.7. The van der Waals surface area contributed by atoms with Crippen molar-refractivity contribution in [2.45, 2.75) is 25.9 Å². The normalized spacial score (nSPS) is 14.3. The number of nitrogens with one attached hydrogen (secondary N) is 1. The van der Waals surface area contributed by atoms with Gasteiger partial charge in [-0.1, -0.05) is 12.1 Å². The minimum absolute atomic E-state index is 0.0356. The van der Waals surface area contributed by atoms with Gasteiger partial charge in [0.25, 0.3) is 0 Å². The number of aromatic nitrogens is 2. The number of carbonyl (C=O) groups excluding carboxylic acids is 1. The summed E-state index contributed by atoms with van der Waals surface area (Å²) in [5.41, 5.74) is 2.04. The fraction of sp³-hybridized carbons (Fsp3) is 0.429. The maximum Gasteiger partial charge on any atom is 0.322 e. The fourth-order valence-corrected chi connectivity index (χ4v) is 2.25. The van der Waals surface area contributed by atoms with Crippen LogP contribution in [0.1, 0.15) is 25.7 Å². The van der Waals surface area contributed by atoms with Gasteiger partial charge in [-0.2, -0.15) is 0 Å². The van der Waals surface area contributed by atoms with E-state index in [0.29, 0.717) is 0 Å². The monoisotopic (exact) mass is 261 g/mol. The number of imidazole rings is 1. The average Bonchev–Trinajstić information content (AvgIpc) is 2.75. The summed E-state index contributed by atoms with van der Waals surface area (Å²) >= 11 is 0. The van der Waals surface area contributed by atoms with Gasteiger partial charge in [-0.15, -0.1) is 0 Å². The first-order valence-electron chi connectivity index (χ1n) is 6.29. The number of benzene rings is 1. The Kier molecular flexibility index (Phi) is 3.85. The number of esters is 1. The molecule has 0 fully saturated rings. The van der Waals surface area contributed by atoms with E-state index < -0.39 is 0 Å². The number of rotatable bonds is 4. The first kappa shape index (κ1) is 13.5. The lowest BCUT2D eigenvalue weighted by molar-refractivity contribution is -0.142. The lowest BCUT2D eigenvalue weighted by Crippen LogP contribution is -2.37. The molecule has 2 aromatic rings. The molecule has 0 saturated heterocycles. The van der Waals surface area contributed by atoms with Crippen LogP contribution in [0, 0.1) is 0 Å². The van der Waals surface area contributed by atoms with Crippen molar-refractivity contribution in [3.8, 4) is 0 Å². The molecular formula is C14H19N3O2. The van der Waals surface area contributed by atoms with Crippen molar-refractivity contribution in [2.24, 2.45) is 7.05 Å². The van der Waals surface area contributed by atoms with Crippen molar-refractivity contribution in [3.05, 3.63) is 30.1 Å². The van der Waals surface area contributed by atoms with Crippen LogP contribution in [0.3, 0.4) is 0 Å². The van der Waals surface area contributed by atoms with Crippen LogP contribution in [0.4, 0.5) is 0 Å². The maximum atomic E-state index is 11.4. The topological polar surface area (TPSA) is 56.1 Å². The highest BCUT2D eigenvalue weighted by Gasteiger charge is 2.20. The van der Waals surface area contributed by atoms with Gasteiger partial charge in [0.05, 0.1) is 24.2 Å².